The van der Waals surface area contributed by atoms with Gasteiger partial charge in [-0.25, -0.2) is 9.78 Å². The van der Waals surface area contributed by atoms with E-state index in [-0.39, 0.29) is 18.2 Å². The number of esters is 1. The Morgan fingerprint density at radius 1 is 1.07 bits per heavy atom. The number of amidine groups is 1. The molecule has 0 spiro atoms. The van der Waals surface area contributed by atoms with Gasteiger partial charge in [-0.15, -0.1) is 10.2 Å². The van der Waals surface area contributed by atoms with E-state index in [2.05, 4.69) is 30.0 Å². The lowest BCUT2D eigenvalue weighted by Gasteiger charge is -2.07. The van der Waals surface area contributed by atoms with E-state index in [1.165, 1.54) is 14.2 Å². The summed E-state index contributed by atoms with van der Waals surface area (Å²) in [4.78, 5) is 26.7. The van der Waals surface area contributed by atoms with Gasteiger partial charge in [0.2, 0.25) is 0 Å². The summed E-state index contributed by atoms with van der Waals surface area (Å²) in [7, 11) is 2.59. The fourth-order valence-corrected chi connectivity index (χ4v) is 2.60. The summed E-state index contributed by atoms with van der Waals surface area (Å²) in [6, 6.07) is 10.6. The first-order chi connectivity index (χ1) is 14.5. The number of imidazole rings is 1. The highest BCUT2D eigenvalue weighted by molar-refractivity contribution is 6.04. The molecule has 1 amide bonds. The van der Waals surface area contributed by atoms with Crippen molar-refractivity contribution in [1.29, 1.82) is 5.41 Å². The number of aryl methyl sites for hydroxylation is 1. The Hall–Kier alpha value is -4.08. The average Bonchev–Trinajstić information content (AvgIpc) is 3.26. The molecule has 0 saturated carbocycles. The van der Waals surface area contributed by atoms with Crippen molar-refractivity contribution in [3.8, 4) is 17.1 Å². The third kappa shape index (κ3) is 5.04. The summed E-state index contributed by atoms with van der Waals surface area (Å²) in [6.45, 7) is 0. The molecular weight excluding hydrogens is 388 g/mol. The van der Waals surface area contributed by atoms with Crippen LogP contribution in [0.4, 0.5) is 4.79 Å². The molecule has 3 rings (SSSR count). The minimum absolute atomic E-state index is 0.0575. The molecular formula is C20H20N6O4. The first-order valence-corrected chi connectivity index (χ1v) is 8.98. The number of benzene rings is 1. The number of aromatic nitrogens is 4. The predicted molar refractivity (Wildman–Crippen MR) is 107 cm³/mol. The van der Waals surface area contributed by atoms with Crippen molar-refractivity contribution in [3.63, 3.8) is 0 Å². The molecule has 0 aliphatic rings. The van der Waals surface area contributed by atoms with Crippen molar-refractivity contribution in [2.45, 2.75) is 12.8 Å². The molecule has 0 fully saturated rings. The Kier molecular flexibility index (Phi) is 6.48. The molecule has 2 N–H and O–H groups in total. The monoisotopic (exact) mass is 408 g/mol. The van der Waals surface area contributed by atoms with Crippen LogP contribution in [0.25, 0.3) is 17.1 Å². The predicted octanol–water partition coefficient (Wildman–Crippen LogP) is 2.12. The Balaban J connectivity index is 1.67. The van der Waals surface area contributed by atoms with Gasteiger partial charge in [0.05, 0.1) is 32.0 Å². The van der Waals surface area contributed by atoms with Crippen LogP contribution in [0.3, 0.4) is 0 Å². The lowest BCUT2D eigenvalue weighted by atomic mass is 10.1. The molecule has 154 valence electrons. The smallest absolute Gasteiger partial charge is 0.412 e. The molecule has 10 nitrogen and oxygen atoms in total. The summed E-state index contributed by atoms with van der Waals surface area (Å²) < 4.78 is 10.8. The van der Waals surface area contributed by atoms with Gasteiger partial charge in [-0.2, -0.15) is 0 Å². The summed E-state index contributed by atoms with van der Waals surface area (Å²) in [5.41, 5.74) is 2.76. The van der Waals surface area contributed by atoms with Gasteiger partial charge in [0.1, 0.15) is 12.2 Å². The van der Waals surface area contributed by atoms with Gasteiger partial charge in [0, 0.05) is 23.7 Å². The van der Waals surface area contributed by atoms with E-state index >= 15 is 0 Å². The van der Waals surface area contributed by atoms with Gasteiger partial charge in [0.15, 0.2) is 5.82 Å². The van der Waals surface area contributed by atoms with Gasteiger partial charge < -0.3 is 9.47 Å². The van der Waals surface area contributed by atoms with Crippen LogP contribution in [0.5, 0.6) is 0 Å². The number of amides is 1. The van der Waals surface area contributed by atoms with E-state index in [1.807, 2.05) is 12.1 Å². The van der Waals surface area contributed by atoms with Crippen LogP contribution >= 0.6 is 0 Å². The minimum atomic E-state index is -0.696. The summed E-state index contributed by atoms with van der Waals surface area (Å²) >= 11 is 0. The molecule has 0 aliphatic carbocycles. The lowest BCUT2D eigenvalue weighted by Crippen LogP contribution is -2.30. The molecule has 0 unspecified atom stereocenters. The summed E-state index contributed by atoms with van der Waals surface area (Å²) in [5, 5.41) is 18.6. The molecule has 3 aromatic rings. The number of rotatable bonds is 6. The third-order valence-corrected chi connectivity index (χ3v) is 4.25. The first kappa shape index (κ1) is 20.6. The third-order valence-electron chi connectivity index (χ3n) is 4.25. The van der Waals surface area contributed by atoms with Crippen LogP contribution in [-0.4, -0.2) is 51.9 Å². The highest BCUT2D eigenvalue weighted by atomic mass is 16.5. The SMILES string of the molecule is COC(=O)CCc1cn(-c2ccc(-c3ccc(C(=N)NC(=O)OC)cc3)nn2)cn1. The Labute approximate surface area is 172 Å². The molecule has 1 aromatic carbocycles. The quantitative estimate of drug-likeness (QED) is 0.363. The van der Waals surface area contributed by atoms with Crippen LogP contribution in [0.1, 0.15) is 17.7 Å². The maximum Gasteiger partial charge on any atom is 0.412 e. The van der Waals surface area contributed by atoms with E-state index in [4.69, 9.17) is 5.41 Å². The van der Waals surface area contributed by atoms with Crippen molar-refractivity contribution in [2.75, 3.05) is 14.2 Å². The van der Waals surface area contributed by atoms with Crippen molar-refractivity contribution in [2.24, 2.45) is 0 Å². The number of carbonyl (C=O) groups excluding carboxylic acids is 2. The fraction of sp³-hybridized carbons (Fsp3) is 0.200. The normalized spacial score (nSPS) is 10.3. The van der Waals surface area contributed by atoms with Crippen molar-refractivity contribution in [3.05, 3.63) is 60.2 Å². The van der Waals surface area contributed by atoms with Gasteiger partial charge in [-0.1, -0.05) is 24.3 Å². The zero-order valence-electron chi connectivity index (χ0n) is 16.5. The van der Waals surface area contributed by atoms with Gasteiger partial charge in [0.25, 0.3) is 0 Å². The van der Waals surface area contributed by atoms with Crippen LogP contribution in [0, 0.1) is 5.41 Å². The second-order valence-electron chi connectivity index (χ2n) is 6.19. The largest absolute Gasteiger partial charge is 0.469 e. The number of hydrogen-bond donors (Lipinski definition) is 2. The van der Waals surface area contributed by atoms with Gasteiger partial charge in [-0.05, 0) is 12.1 Å². The van der Waals surface area contributed by atoms with E-state index in [9.17, 15) is 9.59 Å². The number of alkyl carbamates (subject to hydrolysis) is 1. The van der Waals surface area contributed by atoms with Crippen LogP contribution in [-0.2, 0) is 20.7 Å². The fourth-order valence-electron chi connectivity index (χ4n) is 2.60. The Bertz CT molecular complexity index is 1040. The number of carbonyl (C=O) groups is 2. The van der Waals surface area contributed by atoms with E-state index in [0.717, 1.165) is 11.3 Å². The number of hydrogen-bond acceptors (Lipinski definition) is 8. The standard InChI is InChI=1S/C20H20N6O4/c1-29-18(27)10-7-15-11-26(12-22-15)17-9-8-16(24-25-17)13-3-5-14(6-4-13)19(21)23-20(28)30-2/h3-6,8-9,11-12H,7,10H2,1-2H3,(H2,21,23,28). The maximum absolute atomic E-state index is 11.2. The Morgan fingerprint density at radius 3 is 2.47 bits per heavy atom. The van der Waals surface area contributed by atoms with Crippen LogP contribution in [0.15, 0.2) is 48.9 Å². The number of nitrogens with zero attached hydrogens (tertiary/aromatic N) is 4. The molecule has 30 heavy (non-hydrogen) atoms. The molecule has 10 heteroatoms. The minimum Gasteiger partial charge on any atom is -0.469 e. The van der Waals surface area contributed by atoms with Crippen molar-refractivity contribution in [1.82, 2.24) is 25.1 Å². The summed E-state index contributed by atoms with van der Waals surface area (Å²) in [6.07, 6.45) is 3.46. The molecule has 2 heterocycles. The van der Waals surface area contributed by atoms with E-state index < -0.39 is 6.09 Å². The number of ether oxygens (including phenoxy) is 2. The topological polar surface area (TPSA) is 132 Å². The molecule has 0 saturated heterocycles. The maximum atomic E-state index is 11.2. The second-order valence-corrected chi connectivity index (χ2v) is 6.19. The molecule has 0 radical (unpaired) electrons. The zero-order valence-corrected chi connectivity index (χ0v) is 16.5. The van der Waals surface area contributed by atoms with Crippen molar-refractivity contribution >= 4 is 17.9 Å². The van der Waals surface area contributed by atoms with Crippen LogP contribution in [0.2, 0.25) is 0 Å². The number of methoxy groups -OCH3 is 2. The first-order valence-electron chi connectivity index (χ1n) is 8.98. The highest BCUT2D eigenvalue weighted by Gasteiger charge is 2.09. The molecule has 0 aliphatic heterocycles. The molecule has 0 atom stereocenters. The zero-order chi connectivity index (χ0) is 21.5. The lowest BCUT2D eigenvalue weighted by molar-refractivity contribution is -0.140. The van der Waals surface area contributed by atoms with Gasteiger partial charge in [-0.3, -0.25) is 20.1 Å². The summed E-state index contributed by atoms with van der Waals surface area (Å²) in [5.74, 6) is 0.255. The van der Waals surface area contributed by atoms with Gasteiger partial charge >= 0.3 is 12.1 Å². The average molecular weight is 408 g/mol. The highest BCUT2D eigenvalue weighted by Crippen LogP contribution is 2.18. The number of nitrogens with one attached hydrogen (secondary N) is 2. The second kappa shape index (κ2) is 9.41. The van der Waals surface area contributed by atoms with Crippen molar-refractivity contribution < 1.29 is 19.1 Å². The molecule has 0 bridgehead atoms. The van der Waals surface area contributed by atoms with E-state index in [1.54, 1.807) is 41.4 Å². The molecule has 2 aromatic heterocycles. The Morgan fingerprint density at radius 2 is 1.83 bits per heavy atom. The van der Waals surface area contributed by atoms with E-state index in [0.29, 0.717) is 23.5 Å². The van der Waals surface area contributed by atoms with Crippen LogP contribution < -0.4 is 5.32 Å².